The van der Waals surface area contributed by atoms with E-state index in [9.17, 15) is 4.79 Å². The Balaban J connectivity index is 1.89. The van der Waals surface area contributed by atoms with Gasteiger partial charge in [-0.15, -0.1) is 11.3 Å². The summed E-state index contributed by atoms with van der Waals surface area (Å²) in [5.41, 5.74) is 1.96. The summed E-state index contributed by atoms with van der Waals surface area (Å²) >= 11 is 1.48. The van der Waals surface area contributed by atoms with Gasteiger partial charge < -0.3 is 9.47 Å². The molecule has 0 bridgehead atoms. The van der Waals surface area contributed by atoms with Crippen molar-refractivity contribution >= 4 is 29.3 Å². The first-order valence-corrected chi connectivity index (χ1v) is 7.94. The molecule has 23 heavy (non-hydrogen) atoms. The first-order valence-electron chi connectivity index (χ1n) is 7.06. The highest BCUT2D eigenvalue weighted by Crippen LogP contribution is 2.25. The van der Waals surface area contributed by atoms with E-state index in [1.54, 1.807) is 6.08 Å². The SMILES string of the molecule is C=C(C)COc1ccccc1C=C1N=C(c2cccs2)OC1=O. The fourth-order valence-electron chi connectivity index (χ4n) is 1.99. The van der Waals surface area contributed by atoms with Gasteiger partial charge in [0.15, 0.2) is 5.70 Å². The molecule has 0 fully saturated rings. The Hall–Kier alpha value is -2.66. The van der Waals surface area contributed by atoms with Crippen molar-refractivity contribution in [3.8, 4) is 5.75 Å². The lowest BCUT2D eigenvalue weighted by atomic mass is 10.1. The van der Waals surface area contributed by atoms with Crippen molar-refractivity contribution in [2.75, 3.05) is 6.61 Å². The summed E-state index contributed by atoms with van der Waals surface area (Å²) in [6.07, 6.45) is 1.68. The van der Waals surface area contributed by atoms with Crippen molar-refractivity contribution in [3.05, 3.63) is 70.1 Å². The van der Waals surface area contributed by atoms with Crippen LogP contribution < -0.4 is 4.74 Å². The zero-order valence-corrected chi connectivity index (χ0v) is 13.4. The van der Waals surface area contributed by atoms with Gasteiger partial charge in [0, 0.05) is 5.56 Å². The summed E-state index contributed by atoms with van der Waals surface area (Å²) in [6.45, 7) is 6.14. The lowest BCUT2D eigenvalue weighted by Gasteiger charge is -2.08. The lowest BCUT2D eigenvalue weighted by Crippen LogP contribution is -2.03. The molecule has 0 atom stereocenters. The maximum absolute atomic E-state index is 12.0. The quantitative estimate of drug-likeness (QED) is 0.473. The summed E-state index contributed by atoms with van der Waals surface area (Å²) in [5.74, 6) is 0.565. The summed E-state index contributed by atoms with van der Waals surface area (Å²) in [6, 6.07) is 11.2. The Kier molecular flexibility index (Phi) is 4.39. The predicted octanol–water partition coefficient (Wildman–Crippen LogP) is 4.05. The number of para-hydroxylation sites is 1. The third kappa shape index (κ3) is 3.57. The summed E-state index contributed by atoms with van der Waals surface area (Å²) in [7, 11) is 0. The van der Waals surface area contributed by atoms with Crippen molar-refractivity contribution in [3.63, 3.8) is 0 Å². The molecule has 3 rings (SSSR count). The van der Waals surface area contributed by atoms with Gasteiger partial charge in [0.1, 0.15) is 12.4 Å². The smallest absolute Gasteiger partial charge is 0.363 e. The lowest BCUT2D eigenvalue weighted by molar-refractivity contribution is -0.129. The Morgan fingerprint density at radius 3 is 2.91 bits per heavy atom. The molecule has 0 spiro atoms. The average molecular weight is 325 g/mol. The Morgan fingerprint density at radius 1 is 1.35 bits per heavy atom. The highest BCUT2D eigenvalue weighted by molar-refractivity contribution is 7.12. The molecule has 0 N–H and O–H groups in total. The summed E-state index contributed by atoms with van der Waals surface area (Å²) in [5, 5.41) is 1.91. The van der Waals surface area contributed by atoms with Crippen LogP contribution >= 0.6 is 11.3 Å². The van der Waals surface area contributed by atoms with Crippen LogP contribution in [0, 0.1) is 0 Å². The molecule has 0 saturated heterocycles. The molecule has 1 aliphatic rings. The molecule has 0 aliphatic carbocycles. The highest BCUT2D eigenvalue weighted by Gasteiger charge is 2.25. The minimum atomic E-state index is -0.455. The van der Waals surface area contributed by atoms with E-state index < -0.39 is 5.97 Å². The number of aliphatic imine (C=N–C) groups is 1. The molecule has 0 radical (unpaired) electrons. The van der Waals surface area contributed by atoms with Gasteiger partial charge in [-0.05, 0) is 36.1 Å². The average Bonchev–Trinajstić information content (AvgIpc) is 3.17. The van der Waals surface area contributed by atoms with Gasteiger partial charge in [-0.3, -0.25) is 0 Å². The molecule has 4 nitrogen and oxygen atoms in total. The Labute approximate surface area is 138 Å². The predicted molar refractivity (Wildman–Crippen MR) is 91.7 cm³/mol. The molecule has 116 valence electrons. The van der Waals surface area contributed by atoms with E-state index >= 15 is 0 Å². The minimum absolute atomic E-state index is 0.264. The van der Waals surface area contributed by atoms with Crippen LogP contribution in [0.2, 0.25) is 0 Å². The van der Waals surface area contributed by atoms with Crippen molar-refractivity contribution in [1.82, 2.24) is 0 Å². The van der Waals surface area contributed by atoms with Crippen molar-refractivity contribution in [2.24, 2.45) is 4.99 Å². The van der Waals surface area contributed by atoms with Gasteiger partial charge in [0.05, 0.1) is 4.88 Å². The molecule has 0 amide bonds. The Morgan fingerprint density at radius 2 is 2.17 bits per heavy atom. The largest absolute Gasteiger partial charge is 0.489 e. The number of nitrogens with zero attached hydrogens (tertiary/aromatic N) is 1. The number of esters is 1. The highest BCUT2D eigenvalue weighted by atomic mass is 32.1. The summed E-state index contributed by atoms with van der Waals surface area (Å²) < 4.78 is 10.9. The van der Waals surface area contributed by atoms with Crippen LogP contribution in [0.4, 0.5) is 0 Å². The molecular weight excluding hydrogens is 310 g/mol. The fourth-order valence-corrected chi connectivity index (χ4v) is 2.64. The Bertz CT molecular complexity index is 803. The molecule has 0 unspecified atom stereocenters. The van der Waals surface area contributed by atoms with Crippen LogP contribution in [-0.2, 0) is 9.53 Å². The van der Waals surface area contributed by atoms with Gasteiger partial charge in [-0.1, -0.05) is 30.8 Å². The number of hydrogen-bond acceptors (Lipinski definition) is 5. The second-order valence-corrected chi connectivity index (χ2v) is 6.04. The second kappa shape index (κ2) is 6.62. The number of cyclic esters (lactones) is 1. The third-order valence-corrected chi connectivity index (χ3v) is 3.90. The van der Waals surface area contributed by atoms with Crippen molar-refractivity contribution < 1.29 is 14.3 Å². The molecule has 1 aromatic carbocycles. The fraction of sp³-hybridized carbons (Fsp3) is 0.111. The van der Waals surface area contributed by atoms with Crippen LogP contribution in [0.15, 0.2) is 64.6 Å². The number of thiophene rings is 1. The zero-order chi connectivity index (χ0) is 16.2. The monoisotopic (exact) mass is 325 g/mol. The molecule has 1 aromatic heterocycles. The first-order chi connectivity index (χ1) is 11.1. The number of hydrogen-bond donors (Lipinski definition) is 0. The standard InChI is InChI=1S/C18H15NO3S/c1-12(2)11-21-15-7-4-3-6-13(15)10-14-18(20)22-17(19-14)16-8-5-9-23-16/h3-10H,1,11H2,2H3. The van der Waals surface area contributed by atoms with Crippen LogP contribution in [0.1, 0.15) is 17.4 Å². The van der Waals surface area contributed by atoms with Gasteiger partial charge in [0.2, 0.25) is 5.90 Å². The molecular formula is C18H15NO3S. The number of carbonyl (C=O) groups excluding carboxylic acids is 1. The van der Waals surface area contributed by atoms with E-state index in [1.165, 1.54) is 11.3 Å². The van der Waals surface area contributed by atoms with E-state index in [4.69, 9.17) is 9.47 Å². The van der Waals surface area contributed by atoms with Crippen LogP contribution in [-0.4, -0.2) is 18.5 Å². The molecule has 2 heterocycles. The number of benzene rings is 1. The molecule has 5 heteroatoms. The van der Waals surface area contributed by atoms with Crippen LogP contribution in [0.3, 0.4) is 0 Å². The maximum Gasteiger partial charge on any atom is 0.363 e. The van der Waals surface area contributed by atoms with Gasteiger partial charge >= 0.3 is 5.97 Å². The molecule has 1 aliphatic heterocycles. The molecule has 2 aromatic rings. The van der Waals surface area contributed by atoms with Gasteiger partial charge in [-0.25, -0.2) is 9.79 Å². The van der Waals surface area contributed by atoms with Crippen molar-refractivity contribution in [1.29, 1.82) is 0 Å². The first kappa shape index (κ1) is 15.2. The van der Waals surface area contributed by atoms with E-state index in [0.717, 1.165) is 16.0 Å². The maximum atomic E-state index is 12.0. The van der Waals surface area contributed by atoms with E-state index in [-0.39, 0.29) is 5.70 Å². The number of ether oxygens (including phenoxy) is 2. The second-order valence-electron chi connectivity index (χ2n) is 5.10. The van der Waals surface area contributed by atoms with Crippen LogP contribution in [0.25, 0.3) is 6.08 Å². The number of rotatable bonds is 5. The van der Waals surface area contributed by atoms with E-state index in [1.807, 2.05) is 48.7 Å². The minimum Gasteiger partial charge on any atom is -0.489 e. The van der Waals surface area contributed by atoms with Gasteiger partial charge in [0.25, 0.3) is 0 Å². The van der Waals surface area contributed by atoms with E-state index in [2.05, 4.69) is 11.6 Å². The molecule has 0 saturated carbocycles. The topological polar surface area (TPSA) is 47.9 Å². The number of carbonyl (C=O) groups is 1. The van der Waals surface area contributed by atoms with Crippen molar-refractivity contribution in [2.45, 2.75) is 6.92 Å². The van der Waals surface area contributed by atoms with Gasteiger partial charge in [-0.2, -0.15) is 0 Å². The third-order valence-electron chi connectivity index (χ3n) is 3.04. The summed E-state index contributed by atoms with van der Waals surface area (Å²) in [4.78, 5) is 17.1. The van der Waals surface area contributed by atoms with E-state index in [0.29, 0.717) is 18.3 Å². The zero-order valence-electron chi connectivity index (χ0n) is 12.6. The normalized spacial score (nSPS) is 15.4. The van der Waals surface area contributed by atoms with Crippen LogP contribution in [0.5, 0.6) is 5.75 Å².